The molecule has 0 aliphatic heterocycles. The van der Waals surface area contributed by atoms with Crippen molar-refractivity contribution in [3.05, 3.63) is 0 Å². The van der Waals surface area contributed by atoms with Crippen molar-refractivity contribution in [1.29, 1.82) is 0 Å². The average molecular weight is 252 g/mol. The summed E-state index contributed by atoms with van der Waals surface area (Å²) >= 11 is 0. The van der Waals surface area contributed by atoms with E-state index in [1.165, 1.54) is 19.3 Å². The Morgan fingerprint density at radius 3 is 1.89 bits per heavy atom. The van der Waals surface area contributed by atoms with Crippen molar-refractivity contribution in [2.75, 3.05) is 0 Å². The van der Waals surface area contributed by atoms with Gasteiger partial charge in [0.15, 0.2) is 0 Å². The summed E-state index contributed by atoms with van der Waals surface area (Å²) < 4.78 is 0. The molecule has 1 unspecified atom stereocenters. The molecule has 1 saturated carbocycles. The van der Waals surface area contributed by atoms with E-state index < -0.39 is 5.41 Å². The van der Waals surface area contributed by atoms with Crippen LogP contribution in [0, 0.1) is 23.2 Å². The summed E-state index contributed by atoms with van der Waals surface area (Å²) in [6.07, 6.45) is 5.69. The standard InChI is InChI=1S/C16H28O2/c1-11(2)14(17)13(15(18)16(3,4)5)12-9-7-6-8-10-12/h11-13H,6-10H2,1-5H3. The first kappa shape index (κ1) is 15.4. The second kappa shape index (κ2) is 5.99. The highest BCUT2D eigenvalue weighted by molar-refractivity contribution is 6.05. The lowest BCUT2D eigenvalue weighted by molar-refractivity contribution is -0.142. The van der Waals surface area contributed by atoms with Crippen LogP contribution in [0.2, 0.25) is 0 Å². The predicted octanol–water partition coefficient (Wildman–Crippen LogP) is 4.02. The van der Waals surface area contributed by atoms with Gasteiger partial charge in [-0.15, -0.1) is 0 Å². The van der Waals surface area contributed by atoms with Crippen molar-refractivity contribution in [3.8, 4) is 0 Å². The molecule has 18 heavy (non-hydrogen) atoms. The summed E-state index contributed by atoms with van der Waals surface area (Å²) in [5, 5.41) is 0. The van der Waals surface area contributed by atoms with Gasteiger partial charge in [0.2, 0.25) is 0 Å². The molecule has 0 aromatic carbocycles. The zero-order chi connectivity index (χ0) is 13.9. The normalized spacial score (nSPS) is 19.9. The van der Waals surface area contributed by atoms with Gasteiger partial charge >= 0.3 is 0 Å². The minimum absolute atomic E-state index is 0.0387. The molecular formula is C16H28O2. The highest BCUT2D eigenvalue weighted by atomic mass is 16.2. The van der Waals surface area contributed by atoms with E-state index in [2.05, 4.69) is 0 Å². The van der Waals surface area contributed by atoms with Gasteiger partial charge in [-0.1, -0.05) is 53.9 Å². The number of carbonyl (C=O) groups excluding carboxylic acids is 2. The molecule has 1 rings (SSSR count). The summed E-state index contributed by atoms with van der Waals surface area (Å²) in [4.78, 5) is 25.0. The minimum atomic E-state index is -0.410. The molecule has 1 aliphatic carbocycles. The van der Waals surface area contributed by atoms with Crippen LogP contribution in [0.4, 0.5) is 0 Å². The summed E-state index contributed by atoms with van der Waals surface area (Å²) in [7, 11) is 0. The van der Waals surface area contributed by atoms with Gasteiger partial charge in [-0.3, -0.25) is 9.59 Å². The molecule has 0 bridgehead atoms. The number of hydrogen-bond donors (Lipinski definition) is 0. The number of ketones is 2. The van der Waals surface area contributed by atoms with Crippen LogP contribution in [0.3, 0.4) is 0 Å². The van der Waals surface area contributed by atoms with Crippen LogP contribution in [0.5, 0.6) is 0 Å². The van der Waals surface area contributed by atoms with E-state index >= 15 is 0 Å². The van der Waals surface area contributed by atoms with Gasteiger partial charge in [-0.05, 0) is 18.8 Å². The summed E-state index contributed by atoms with van der Waals surface area (Å²) in [6, 6.07) is 0. The molecule has 0 aromatic rings. The Bertz CT molecular complexity index is 304. The monoisotopic (exact) mass is 252 g/mol. The van der Waals surface area contributed by atoms with E-state index in [-0.39, 0.29) is 23.4 Å². The van der Waals surface area contributed by atoms with Crippen LogP contribution in [-0.2, 0) is 9.59 Å². The Labute approximate surface area is 112 Å². The lowest BCUT2D eigenvalue weighted by Gasteiger charge is -2.33. The summed E-state index contributed by atoms with van der Waals surface area (Å²) in [5.74, 6) is 0.198. The van der Waals surface area contributed by atoms with E-state index in [4.69, 9.17) is 0 Å². The van der Waals surface area contributed by atoms with Crippen LogP contribution in [0.25, 0.3) is 0 Å². The van der Waals surface area contributed by atoms with Crippen molar-refractivity contribution in [3.63, 3.8) is 0 Å². The van der Waals surface area contributed by atoms with Crippen LogP contribution < -0.4 is 0 Å². The molecule has 2 heteroatoms. The fourth-order valence-electron chi connectivity index (χ4n) is 2.87. The van der Waals surface area contributed by atoms with Crippen molar-refractivity contribution in [2.45, 2.75) is 66.7 Å². The lowest BCUT2D eigenvalue weighted by Crippen LogP contribution is -2.40. The summed E-state index contributed by atoms with van der Waals surface area (Å²) in [5.41, 5.74) is -0.410. The maximum atomic E-state index is 12.6. The van der Waals surface area contributed by atoms with Crippen LogP contribution >= 0.6 is 0 Å². The molecule has 1 fully saturated rings. The maximum absolute atomic E-state index is 12.6. The van der Waals surface area contributed by atoms with E-state index in [9.17, 15) is 9.59 Å². The molecule has 1 atom stereocenters. The number of rotatable bonds is 4. The van der Waals surface area contributed by atoms with E-state index in [1.807, 2.05) is 34.6 Å². The Morgan fingerprint density at radius 2 is 1.50 bits per heavy atom. The molecule has 0 heterocycles. The zero-order valence-electron chi connectivity index (χ0n) is 12.6. The SMILES string of the molecule is CC(C)C(=O)C(C(=O)C(C)(C)C)C1CCCCC1. The van der Waals surface area contributed by atoms with Gasteiger partial charge in [-0.2, -0.15) is 0 Å². The lowest BCUT2D eigenvalue weighted by atomic mass is 9.69. The molecule has 0 spiro atoms. The topological polar surface area (TPSA) is 34.1 Å². The van der Waals surface area contributed by atoms with Crippen LogP contribution in [0.15, 0.2) is 0 Å². The third-order valence-corrected chi connectivity index (χ3v) is 4.02. The van der Waals surface area contributed by atoms with Gasteiger partial charge in [0.1, 0.15) is 11.6 Å². The highest BCUT2D eigenvalue weighted by Gasteiger charge is 2.40. The van der Waals surface area contributed by atoms with E-state index in [1.54, 1.807) is 0 Å². The van der Waals surface area contributed by atoms with E-state index in [0.29, 0.717) is 5.92 Å². The largest absolute Gasteiger partial charge is 0.299 e. The molecule has 0 amide bonds. The summed E-state index contributed by atoms with van der Waals surface area (Å²) in [6.45, 7) is 9.61. The number of hydrogen-bond acceptors (Lipinski definition) is 2. The minimum Gasteiger partial charge on any atom is -0.299 e. The molecule has 0 saturated heterocycles. The van der Waals surface area contributed by atoms with E-state index in [0.717, 1.165) is 12.8 Å². The highest BCUT2D eigenvalue weighted by Crippen LogP contribution is 2.36. The second-order valence-electron chi connectivity index (χ2n) is 7.05. The molecule has 1 aliphatic rings. The predicted molar refractivity (Wildman–Crippen MR) is 74.4 cm³/mol. The third-order valence-electron chi connectivity index (χ3n) is 4.02. The average Bonchev–Trinajstić information content (AvgIpc) is 2.29. The van der Waals surface area contributed by atoms with Crippen LogP contribution in [-0.4, -0.2) is 11.6 Å². The molecule has 0 aromatic heterocycles. The molecular weight excluding hydrogens is 224 g/mol. The molecule has 104 valence electrons. The van der Waals surface area contributed by atoms with Crippen molar-refractivity contribution < 1.29 is 9.59 Å². The zero-order valence-corrected chi connectivity index (χ0v) is 12.6. The Morgan fingerprint density at radius 1 is 1.00 bits per heavy atom. The maximum Gasteiger partial charge on any atom is 0.148 e. The second-order valence-corrected chi connectivity index (χ2v) is 7.05. The Kier molecular flexibility index (Phi) is 5.12. The van der Waals surface area contributed by atoms with Crippen molar-refractivity contribution in [2.24, 2.45) is 23.2 Å². The van der Waals surface area contributed by atoms with Gasteiger partial charge < -0.3 is 0 Å². The fraction of sp³-hybridized carbons (Fsp3) is 0.875. The number of Topliss-reactive ketones (excluding diaryl/α,β-unsaturated/α-hetero) is 2. The third kappa shape index (κ3) is 3.66. The van der Waals surface area contributed by atoms with Gasteiger partial charge in [0.05, 0.1) is 5.92 Å². The first-order valence-electron chi connectivity index (χ1n) is 7.33. The smallest absolute Gasteiger partial charge is 0.148 e. The Balaban J connectivity index is 2.94. The van der Waals surface area contributed by atoms with Gasteiger partial charge in [-0.25, -0.2) is 0 Å². The first-order valence-corrected chi connectivity index (χ1v) is 7.33. The molecule has 0 N–H and O–H groups in total. The first-order chi connectivity index (χ1) is 8.25. The van der Waals surface area contributed by atoms with Gasteiger partial charge in [0, 0.05) is 11.3 Å². The van der Waals surface area contributed by atoms with Gasteiger partial charge in [0.25, 0.3) is 0 Å². The van der Waals surface area contributed by atoms with Crippen molar-refractivity contribution >= 4 is 11.6 Å². The number of carbonyl (C=O) groups is 2. The fourth-order valence-corrected chi connectivity index (χ4v) is 2.87. The van der Waals surface area contributed by atoms with Crippen molar-refractivity contribution in [1.82, 2.24) is 0 Å². The molecule has 0 radical (unpaired) electrons. The Hall–Kier alpha value is -0.660. The molecule has 2 nitrogen and oxygen atoms in total. The quantitative estimate of drug-likeness (QED) is 0.708. The van der Waals surface area contributed by atoms with Crippen LogP contribution in [0.1, 0.15) is 66.7 Å².